The molecule has 3 aliphatic carbocycles. The minimum atomic E-state index is -1.29. The van der Waals surface area contributed by atoms with Crippen LogP contribution in [-0.4, -0.2) is 47.9 Å². The molecule has 0 heterocycles. The molecule has 1 N–H and O–H groups in total. The molecule has 0 bridgehead atoms. The molecule has 8 heteroatoms. The van der Waals surface area contributed by atoms with Crippen molar-refractivity contribution in [3.05, 3.63) is 52.3 Å². The molecule has 8 nitrogen and oxygen atoms in total. The van der Waals surface area contributed by atoms with Crippen LogP contribution in [0, 0.1) is 22.7 Å². The molecule has 1 fully saturated rings. The van der Waals surface area contributed by atoms with E-state index in [-0.39, 0.29) is 28.0 Å². The number of fused-ring (bicyclic) bond motifs is 2. The quantitative estimate of drug-likeness (QED) is 0.446. The first-order valence-electron chi connectivity index (χ1n) is 13.0. The maximum absolute atomic E-state index is 14.3. The van der Waals surface area contributed by atoms with Gasteiger partial charge in [-0.1, -0.05) is 41.0 Å². The average Bonchev–Trinajstić information content (AvgIpc) is 2.82. The molecule has 0 saturated heterocycles. The largest absolute Gasteiger partial charge is 0.497 e. The van der Waals surface area contributed by atoms with Gasteiger partial charge in [0.1, 0.15) is 5.75 Å². The van der Waals surface area contributed by atoms with Crippen molar-refractivity contribution >= 4 is 23.5 Å². The summed E-state index contributed by atoms with van der Waals surface area (Å²) in [7, 11) is 1.51. The van der Waals surface area contributed by atoms with Crippen molar-refractivity contribution in [1.29, 1.82) is 0 Å². The Morgan fingerprint density at radius 1 is 1.03 bits per heavy atom. The van der Waals surface area contributed by atoms with Gasteiger partial charge in [-0.25, -0.2) is 4.79 Å². The summed E-state index contributed by atoms with van der Waals surface area (Å²) in [6.07, 6.45) is -0.327. The van der Waals surface area contributed by atoms with Crippen molar-refractivity contribution in [1.82, 2.24) is 0 Å². The summed E-state index contributed by atoms with van der Waals surface area (Å²) in [6.45, 7) is 10.6. The number of ketones is 2. The van der Waals surface area contributed by atoms with Crippen LogP contribution in [0.1, 0.15) is 71.2 Å². The molecule has 38 heavy (non-hydrogen) atoms. The van der Waals surface area contributed by atoms with Gasteiger partial charge in [0.15, 0.2) is 17.6 Å². The lowest BCUT2D eigenvalue weighted by Gasteiger charge is -2.58. The Hall–Kier alpha value is -3.26. The van der Waals surface area contributed by atoms with Crippen LogP contribution in [-0.2, 0) is 23.9 Å². The fourth-order valence-electron chi connectivity index (χ4n) is 6.92. The predicted octanol–water partition coefficient (Wildman–Crippen LogP) is 4.35. The lowest BCUT2D eigenvalue weighted by atomic mass is 9.47. The second-order valence-electron chi connectivity index (χ2n) is 11.7. The minimum absolute atomic E-state index is 0.00194. The third-order valence-electron chi connectivity index (χ3n) is 8.38. The molecule has 3 aliphatic rings. The number of allylic oxidation sites excluding steroid dienone is 2. The first-order valence-corrected chi connectivity index (χ1v) is 13.0. The molecule has 1 saturated carbocycles. The number of methoxy groups -OCH3 is 1. The van der Waals surface area contributed by atoms with E-state index in [0.717, 1.165) is 12.8 Å². The maximum Gasteiger partial charge on any atom is 0.343 e. The zero-order valence-electron chi connectivity index (χ0n) is 23.0. The molecule has 204 valence electrons. The van der Waals surface area contributed by atoms with Crippen molar-refractivity contribution < 1.29 is 38.5 Å². The van der Waals surface area contributed by atoms with E-state index in [9.17, 15) is 24.3 Å². The number of Topliss-reactive ketones (excluding diaryl/α,β-unsaturated/α-hetero) is 2. The second-order valence-corrected chi connectivity index (χ2v) is 11.7. The molecule has 0 unspecified atom stereocenters. The lowest BCUT2D eigenvalue weighted by molar-refractivity contribution is -0.166. The maximum atomic E-state index is 14.3. The van der Waals surface area contributed by atoms with Crippen LogP contribution in [0.4, 0.5) is 0 Å². The Kier molecular flexibility index (Phi) is 7.16. The molecule has 0 radical (unpaired) electrons. The van der Waals surface area contributed by atoms with Crippen LogP contribution < -0.4 is 4.74 Å². The molecule has 1 aromatic carbocycles. The first-order chi connectivity index (χ1) is 17.7. The molecular formula is C30H36O8. The van der Waals surface area contributed by atoms with Crippen LogP contribution in [0.25, 0.3) is 0 Å². The van der Waals surface area contributed by atoms with Gasteiger partial charge in [-0.05, 0) is 48.4 Å². The van der Waals surface area contributed by atoms with Crippen LogP contribution >= 0.6 is 0 Å². The monoisotopic (exact) mass is 524 g/mol. The summed E-state index contributed by atoms with van der Waals surface area (Å²) in [5.74, 6) is -3.25. The number of hydrogen-bond acceptors (Lipinski definition) is 8. The topological polar surface area (TPSA) is 116 Å². The zero-order valence-corrected chi connectivity index (χ0v) is 23.0. The summed E-state index contributed by atoms with van der Waals surface area (Å²) in [4.78, 5) is 53.6. The van der Waals surface area contributed by atoms with Crippen LogP contribution in [0.3, 0.4) is 0 Å². The van der Waals surface area contributed by atoms with Gasteiger partial charge in [-0.2, -0.15) is 0 Å². The highest BCUT2D eigenvalue weighted by Crippen LogP contribution is 2.61. The fourth-order valence-corrected chi connectivity index (χ4v) is 6.92. The number of ether oxygens (including phenoxy) is 3. The number of aliphatic hydroxyl groups excluding tert-OH is 1. The van der Waals surface area contributed by atoms with E-state index in [2.05, 4.69) is 0 Å². The summed E-state index contributed by atoms with van der Waals surface area (Å²) < 4.78 is 16.4. The number of carbonyl (C=O) groups excluding carboxylic acids is 4. The summed E-state index contributed by atoms with van der Waals surface area (Å²) >= 11 is 0. The molecule has 0 amide bonds. The normalized spacial score (nSPS) is 28.6. The minimum Gasteiger partial charge on any atom is -0.497 e. The van der Waals surface area contributed by atoms with Crippen LogP contribution in [0.2, 0.25) is 0 Å². The molecule has 0 aliphatic heterocycles. The van der Waals surface area contributed by atoms with Gasteiger partial charge in [0.25, 0.3) is 0 Å². The van der Waals surface area contributed by atoms with Gasteiger partial charge in [0.2, 0.25) is 5.78 Å². The van der Waals surface area contributed by atoms with Crippen molar-refractivity contribution in [2.45, 2.75) is 73.0 Å². The zero-order chi connectivity index (χ0) is 28.2. The number of aliphatic hydroxyl groups is 1. The number of rotatable bonds is 5. The van der Waals surface area contributed by atoms with Gasteiger partial charge in [0, 0.05) is 29.4 Å². The van der Waals surface area contributed by atoms with E-state index >= 15 is 0 Å². The van der Waals surface area contributed by atoms with Crippen LogP contribution in [0.15, 0.2) is 46.7 Å². The molecule has 0 spiro atoms. The van der Waals surface area contributed by atoms with Crippen molar-refractivity contribution in [2.75, 3.05) is 7.11 Å². The van der Waals surface area contributed by atoms with Crippen molar-refractivity contribution in [2.24, 2.45) is 22.7 Å². The third kappa shape index (κ3) is 4.38. The fraction of sp³-hybridized carbons (Fsp3) is 0.533. The number of carbonyl (C=O) groups is 4. The molecule has 4 rings (SSSR count). The summed E-state index contributed by atoms with van der Waals surface area (Å²) in [6, 6.07) is 6.24. The number of hydrogen-bond donors (Lipinski definition) is 1. The van der Waals surface area contributed by atoms with Crippen molar-refractivity contribution in [3.8, 4) is 5.75 Å². The van der Waals surface area contributed by atoms with Gasteiger partial charge < -0.3 is 19.3 Å². The van der Waals surface area contributed by atoms with Gasteiger partial charge in [0.05, 0.1) is 24.4 Å². The Labute approximate surface area is 223 Å². The number of esters is 2. The van der Waals surface area contributed by atoms with E-state index in [0.29, 0.717) is 12.2 Å². The highest BCUT2D eigenvalue weighted by molar-refractivity contribution is 6.26. The van der Waals surface area contributed by atoms with Crippen LogP contribution in [0.5, 0.6) is 5.75 Å². The second kappa shape index (κ2) is 9.80. The van der Waals surface area contributed by atoms with E-state index in [1.54, 1.807) is 26.0 Å². The Balaban J connectivity index is 1.88. The third-order valence-corrected chi connectivity index (χ3v) is 8.38. The Morgan fingerprint density at radius 2 is 1.66 bits per heavy atom. The molecular weight excluding hydrogens is 488 g/mol. The standard InChI is InChI=1S/C30H36O8/c1-15(2)19-22(32)20-21(23(33)25(19)38-28(35)17-9-11-18(36-7)12-10-17)30(6)14-8-13-29(4,5)27(30)24(34)26(20)37-16(3)31/h9-12,15,24,26-27,34H,8,13-14H2,1-7H3/t24-,26+,27+,30-/m1/s1. The van der Waals surface area contributed by atoms with Gasteiger partial charge >= 0.3 is 11.9 Å². The average molecular weight is 525 g/mol. The molecule has 4 atom stereocenters. The summed E-state index contributed by atoms with van der Waals surface area (Å²) in [5, 5.41) is 11.6. The smallest absolute Gasteiger partial charge is 0.343 e. The van der Waals surface area contributed by atoms with Gasteiger partial charge in [-0.15, -0.1) is 0 Å². The number of benzene rings is 1. The van der Waals surface area contributed by atoms with E-state index < -0.39 is 58.4 Å². The predicted molar refractivity (Wildman–Crippen MR) is 138 cm³/mol. The lowest BCUT2D eigenvalue weighted by Crippen LogP contribution is -2.60. The molecule has 0 aromatic heterocycles. The highest BCUT2D eigenvalue weighted by atomic mass is 16.6. The van der Waals surface area contributed by atoms with E-state index in [1.165, 1.54) is 26.2 Å². The van der Waals surface area contributed by atoms with E-state index in [1.807, 2.05) is 20.8 Å². The molecule has 1 aromatic rings. The highest BCUT2D eigenvalue weighted by Gasteiger charge is 2.62. The SMILES string of the molecule is COc1ccc(C(=O)OC2=C(C(C)C)C(=O)C3=C(C2=O)[C@@]2(C)CCCC(C)(C)[C@@H]2[C@H](O)[C@H]3OC(C)=O)cc1. The summed E-state index contributed by atoms with van der Waals surface area (Å²) in [5.41, 5.74) is -0.895. The first kappa shape index (κ1) is 27.8. The Morgan fingerprint density at radius 3 is 2.21 bits per heavy atom. The van der Waals surface area contributed by atoms with E-state index in [4.69, 9.17) is 14.2 Å². The van der Waals surface area contributed by atoms with Gasteiger partial charge in [-0.3, -0.25) is 14.4 Å². The van der Waals surface area contributed by atoms with Crippen molar-refractivity contribution in [3.63, 3.8) is 0 Å². The Bertz CT molecular complexity index is 1250.